The topological polar surface area (TPSA) is 86.1 Å². The number of nitrogens with zero attached hydrogens (tertiary/aromatic N) is 4. The Morgan fingerprint density at radius 3 is 2.69 bits per heavy atom. The summed E-state index contributed by atoms with van der Waals surface area (Å²) in [6, 6.07) is 13.2. The highest BCUT2D eigenvalue weighted by Crippen LogP contribution is 2.41. The van der Waals surface area contributed by atoms with E-state index >= 15 is 0 Å². The maximum atomic E-state index is 12.5. The van der Waals surface area contributed by atoms with Crippen LogP contribution in [0.3, 0.4) is 0 Å². The number of imidazole rings is 1. The molecule has 5 rings (SSSR count). The second kappa shape index (κ2) is 9.79. The highest BCUT2D eigenvalue weighted by Gasteiger charge is 2.29. The van der Waals surface area contributed by atoms with Crippen molar-refractivity contribution in [1.82, 2.24) is 19.5 Å². The van der Waals surface area contributed by atoms with E-state index in [2.05, 4.69) is 15.6 Å². The minimum atomic E-state index is -0.846. The molecule has 1 aliphatic carbocycles. The Balaban J connectivity index is 1.45. The molecular formula is C25H24ClFN6O2. The third-order valence-electron chi connectivity index (χ3n) is 6.06. The van der Waals surface area contributed by atoms with Gasteiger partial charge in [0.15, 0.2) is 0 Å². The van der Waals surface area contributed by atoms with Gasteiger partial charge in [-0.2, -0.15) is 4.98 Å². The van der Waals surface area contributed by atoms with Crippen molar-refractivity contribution in [2.75, 3.05) is 31.7 Å². The molecule has 180 valence electrons. The molecule has 35 heavy (non-hydrogen) atoms. The van der Waals surface area contributed by atoms with Crippen LogP contribution in [0.15, 0.2) is 55.0 Å². The second-order valence-corrected chi connectivity index (χ2v) is 8.43. The molecule has 2 aromatic heterocycles. The maximum Gasteiger partial charge on any atom is 0.229 e. The Labute approximate surface area is 207 Å². The number of alkyl halides is 1. The first kappa shape index (κ1) is 22.9. The number of nitrogens with one attached hydrogen (secondary N) is 2. The number of rotatable bonds is 8. The fraction of sp³-hybridized carbons (Fsp3) is 0.240. The lowest BCUT2D eigenvalue weighted by Crippen LogP contribution is -2.08. The van der Waals surface area contributed by atoms with Crippen LogP contribution in [0.4, 0.5) is 21.8 Å². The third kappa shape index (κ3) is 4.59. The summed E-state index contributed by atoms with van der Waals surface area (Å²) < 4.78 is 24.8. The van der Waals surface area contributed by atoms with E-state index in [9.17, 15) is 4.39 Å². The Morgan fingerprint density at radius 1 is 1.17 bits per heavy atom. The number of aromatic nitrogens is 4. The molecule has 0 saturated carbocycles. The van der Waals surface area contributed by atoms with Crippen LogP contribution in [0.25, 0.3) is 5.69 Å². The van der Waals surface area contributed by atoms with E-state index < -0.39 is 6.86 Å². The molecule has 0 radical (unpaired) electrons. The molecule has 0 bridgehead atoms. The Hall–Kier alpha value is -3.85. The largest absolute Gasteiger partial charge is 0.494 e. The predicted molar refractivity (Wildman–Crippen MR) is 133 cm³/mol. The van der Waals surface area contributed by atoms with Gasteiger partial charge < -0.3 is 24.7 Å². The van der Waals surface area contributed by atoms with E-state index in [1.54, 1.807) is 36.3 Å². The molecule has 0 saturated heterocycles. The van der Waals surface area contributed by atoms with Gasteiger partial charge in [-0.3, -0.25) is 0 Å². The Bertz CT molecular complexity index is 1340. The summed E-state index contributed by atoms with van der Waals surface area (Å²) in [5.41, 5.74) is 4.77. The van der Waals surface area contributed by atoms with E-state index in [1.807, 2.05) is 37.4 Å². The van der Waals surface area contributed by atoms with E-state index in [0.717, 1.165) is 46.9 Å². The molecule has 2 aromatic carbocycles. The first-order chi connectivity index (χ1) is 17.1. The van der Waals surface area contributed by atoms with E-state index in [4.69, 9.17) is 31.0 Å². The average Bonchev–Trinajstić information content (AvgIpc) is 3.50. The zero-order valence-corrected chi connectivity index (χ0v) is 20.0. The summed E-state index contributed by atoms with van der Waals surface area (Å²) in [5.74, 6) is 2.55. The summed E-state index contributed by atoms with van der Waals surface area (Å²) >= 11 is 5.97. The molecular weight excluding hydrogens is 471 g/mol. The van der Waals surface area contributed by atoms with Crippen LogP contribution in [-0.2, 0) is 6.42 Å². The van der Waals surface area contributed by atoms with Crippen LogP contribution in [-0.4, -0.2) is 40.5 Å². The van der Waals surface area contributed by atoms with Gasteiger partial charge in [-0.15, -0.1) is 0 Å². The van der Waals surface area contributed by atoms with Gasteiger partial charge in [0.1, 0.15) is 28.8 Å². The first-order valence-electron chi connectivity index (χ1n) is 11.1. The fourth-order valence-corrected chi connectivity index (χ4v) is 4.59. The van der Waals surface area contributed by atoms with Gasteiger partial charge in [0.25, 0.3) is 0 Å². The number of fused-ring (bicyclic) bond motifs is 1. The molecule has 1 atom stereocenters. The molecule has 2 heterocycles. The lowest BCUT2D eigenvalue weighted by atomic mass is 9.96. The monoisotopic (exact) mass is 494 g/mol. The van der Waals surface area contributed by atoms with Crippen molar-refractivity contribution in [3.8, 4) is 17.2 Å². The first-order valence-corrected chi connectivity index (χ1v) is 11.5. The Kier molecular flexibility index (Phi) is 6.41. The SMILES string of the molecule is CNc1nc(Nc2ccc(-n3cnc(Cl)c3)c(OC)c2)nc2c1CCC2c1ccc(OCF)cc1. The van der Waals surface area contributed by atoms with Crippen molar-refractivity contribution < 1.29 is 13.9 Å². The number of halogens is 2. The minimum absolute atomic E-state index is 0.114. The van der Waals surface area contributed by atoms with Crippen molar-refractivity contribution in [3.63, 3.8) is 0 Å². The van der Waals surface area contributed by atoms with Gasteiger partial charge >= 0.3 is 0 Å². The van der Waals surface area contributed by atoms with Crippen LogP contribution in [0.2, 0.25) is 5.15 Å². The van der Waals surface area contributed by atoms with E-state index in [0.29, 0.717) is 22.6 Å². The van der Waals surface area contributed by atoms with Crippen LogP contribution in [0.5, 0.6) is 11.5 Å². The van der Waals surface area contributed by atoms with Crippen molar-refractivity contribution in [1.29, 1.82) is 0 Å². The lowest BCUT2D eigenvalue weighted by molar-refractivity contribution is 0.191. The van der Waals surface area contributed by atoms with Crippen LogP contribution in [0.1, 0.15) is 29.2 Å². The molecule has 8 nitrogen and oxygen atoms in total. The third-order valence-corrected chi connectivity index (χ3v) is 6.25. The van der Waals surface area contributed by atoms with Crippen LogP contribution in [0, 0.1) is 0 Å². The number of hydrogen-bond donors (Lipinski definition) is 2. The van der Waals surface area contributed by atoms with Crippen LogP contribution >= 0.6 is 11.6 Å². The summed E-state index contributed by atoms with van der Waals surface area (Å²) in [7, 11) is 3.47. The smallest absolute Gasteiger partial charge is 0.229 e. The number of hydrogen-bond acceptors (Lipinski definition) is 7. The quantitative estimate of drug-likeness (QED) is 0.335. The summed E-state index contributed by atoms with van der Waals surface area (Å²) in [5, 5.41) is 6.92. The molecule has 2 N–H and O–H groups in total. The normalized spacial score (nSPS) is 14.5. The van der Waals surface area contributed by atoms with Gasteiger partial charge in [-0.1, -0.05) is 23.7 Å². The molecule has 10 heteroatoms. The maximum absolute atomic E-state index is 12.5. The summed E-state index contributed by atoms with van der Waals surface area (Å²) in [6.45, 7) is -0.846. The highest BCUT2D eigenvalue weighted by molar-refractivity contribution is 6.29. The van der Waals surface area contributed by atoms with E-state index in [-0.39, 0.29) is 5.92 Å². The molecule has 0 fully saturated rings. The molecule has 0 spiro atoms. The van der Waals surface area contributed by atoms with Crippen LogP contribution < -0.4 is 20.1 Å². The number of methoxy groups -OCH3 is 1. The van der Waals surface area contributed by atoms with Gasteiger partial charge in [-0.25, -0.2) is 14.4 Å². The van der Waals surface area contributed by atoms with Gasteiger partial charge in [0.05, 0.1) is 18.5 Å². The van der Waals surface area contributed by atoms with Crippen molar-refractivity contribution in [3.05, 3.63) is 77.0 Å². The standard InChI is InChI=1S/C25H24ClFN6O2/c1-28-24-19-9-8-18(15-3-6-17(7-4-15)35-13-27)23(19)31-25(32-24)30-16-5-10-20(21(11-16)34-2)33-12-22(26)29-14-33/h3-7,10-12,14,18H,8-9,13H2,1-2H3,(H2,28,30,31,32). The molecule has 0 aliphatic heterocycles. The molecule has 4 aromatic rings. The number of benzene rings is 2. The minimum Gasteiger partial charge on any atom is -0.494 e. The predicted octanol–water partition coefficient (Wildman–Crippen LogP) is 5.49. The van der Waals surface area contributed by atoms with Crippen molar-refractivity contribution >= 4 is 29.1 Å². The second-order valence-electron chi connectivity index (χ2n) is 8.04. The molecule has 1 unspecified atom stereocenters. The van der Waals surface area contributed by atoms with Gasteiger partial charge in [0.2, 0.25) is 12.8 Å². The number of anilines is 3. The number of ether oxygens (including phenoxy) is 2. The zero-order valence-electron chi connectivity index (χ0n) is 19.3. The van der Waals surface area contributed by atoms with E-state index in [1.165, 1.54) is 0 Å². The highest BCUT2D eigenvalue weighted by atomic mass is 35.5. The fourth-order valence-electron chi connectivity index (χ4n) is 4.44. The Morgan fingerprint density at radius 2 is 2.00 bits per heavy atom. The summed E-state index contributed by atoms with van der Waals surface area (Å²) in [4.78, 5) is 13.6. The van der Waals surface area contributed by atoms with Gasteiger partial charge in [-0.05, 0) is 42.7 Å². The molecule has 1 aliphatic rings. The lowest BCUT2D eigenvalue weighted by Gasteiger charge is -2.16. The summed E-state index contributed by atoms with van der Waals surface area (Å²) in [6.07, 6.45) is 5.13. The average molecular weight is 495 g/mol. The zero-order chi connectivity index (χ0) is 24.4. The van der Waals surface area contributed by atoms with Crippen molar-refractivity contribution in [2.45, 2.75) is 18.8 Å². The van der Waals surface area contributed by atoms with Crippen molar-refractivity contribution in [2.24, 2.45) is 0 Å². The molecule has 0 amide bonds. The van der Waals surface area contributed by atoms with Gasteiger partial charge in [0, 0.05) is 36.5 Å².